The maximum Gasteiger partial charge on any atom is 0.0430 e. The van der Waals surface area contributed by atoms with E-state index in [1.807, 2.05) is 18.5 Å². The molecule has 2 nitrogen and oxygen atoms in total. The standard InChI is InChI=1S/C8H8N2/c1-3-9-6-8-2-4-10-5-7(1)8/h1,3,5-6H,2,4H2. The Hall–Kier alpha value is -1.18. The summed E-state index contributed by atoms with van der Waals surface area (Å²) in [6, 6.07) is 2.00. The number of hydrogen-bond acceptors (Lipinski definition) is 2. The third-order valence-corrected chi connectivity index (χ3v) is 1.68. The summed E-state index contributed by atoms with van der Waals surface area (Å²) in [5, 5.41) is 0. The van der Waals surface area contributed by atoms with Gasteiger partial charge in [0.1, 0.15) is 0 Å². The van der Waals surface area contributed by atoms with Gasteiger partial charge < -0.3 is 0 Å². The lowest BCUT2D eigenvalue weighted by molar-refractivity contribution is 0.941. The highest BCUT2D eigenvalue weighted by Crippen LogP contribution is 2.08. The summed E-state index contributed by atoms with van der Waals surface area (Å²) in [5.74, 6) is 0. The molecule has 0 fully saturated rings. The number of aliphatic imine (C=N–C) groups is 1. The van der Waals surface area contributed by atoms with Crippen LogP contribution in [-0.2, 0) is 6.42 Å². The second kappa shape index (κ2) is 2.21. The van der Waals surface area contributed by atoms with Gasteiger partial charge in [-0.1, -0.05) is 0 Å². The number of hydrogen-bond donors (Lipinski definition) is 0. The summed E-state index contributed by atoms with van der Waals surface area (Å²) in [6.07, 6.45) is 6.68. The van der Waals surface area contributed by atoms with Crippen LogP contribution in [0.2, 0.25) is 0 Å². The average molecular weight is 132 g/mol. The molecule has 0 saturated carbocycles. The molecule has 0 bridgehead atoms. The Morgan fingerprint density at radius 2 is 2.40 bits per heavy atom. The molecule has 1 aliphatic rings. The van der Waals surface area contributed by atoms with Crippen molar-refractivity contribution >= 4 is 6.21 Å². The molecule has 1 aromatic rings. The van der Waals surface area contributed by atoms with Crippen molar-refractivity contribution in [1.82, 2.24) is 4.98 Å². The molecule has 1 aromatic heterocycles. The fraction of sp³-hybridized carbons (Fsp3) is 0.250. The predicted octanol–water partition coefficient (Wildman–Crippen LogP) is 1.06. The van der Waals surface area contributed by atoms with Gasteiger partial charge in [0.15, 0.2) is 0 Å². The molecule has 0 atom stereocenters. The van der Waals surface area contributed by atoms with Crippen LogP contribution in [-0.4, -0.2) is 17.7 Å². The van der Waals surface area contributed by atoms with Crippen LogP contribution in [0.1, 0.15) is 11.1 Å². The highest BCUT2D eigenvalue weighted by Gasteiger charge is 2.02. The first-order chi connectivity index (χ1) is 4.97. The van der Waals surface area contributed by atoms with Crippen LogP contribution in [0.15, 0.2) is 23.5 Å². The molecule has 0 radical (unpaired) electrons. The highest BCUT2D eigenvalue weighted by atomic mass is 14.7. The number of pyridine rings is 1. The number of fused-ring (bicyclic) bond motifs is 1. The average Bonchev–Trinajstić information content (AvgIpc) is 2.05. The van der Waals surface area contributed by atoms with Crippen LogP contribution in [0.3, 0.4) is 0 Å². The summed E-state index contributed by atoms with van der Waals surface area (Å²) in [4.78, 5) is 8.20. The van der Waals surface area contributed by atoms with Crippen molar-refractivity contribution in [3.05, 3.63) is 29.6 Å². The summed E-state index contributed by atoms with van der Waals surface area (Å²) in [5.41, 5.74) is 2.54. The zero-order chi connectivity index (χ0) is 6.81. The molecule has 10 heavy (non-hydrogen) atoms. The van der Waals surface area contributed by atoms with E-state index in [1.54, 1.807) is 6.20 Å². The Labute approximate surface area is 59.6 Å². The van der Waals surface area contributed by atoms with Gasteiger partial charge >= 0.3 is 0 Å². The quantitative estimate of drug-likeness (QED) is 0.518. The fourth-order valence-corrected chi connectivity index (χ4v) is 1.12. The third kappa shape index (κ3) is 0.817. The first kappa shape index (κ1) is 5.59. The van der Waals surface area contributed by atoms with E-state index >= 15 is 0 Å². The lowest BCUT2D eigenvalue weighted by atomic mass is 10.1. The Kier molecular flexibility index (Phi) is 1.24. The monoisotopic (exact) mass is 132 g/mol. The van der Waals surface area contributed by atoms with Crippen molar-refractivity contribution in [1.29, 1.82) is 0 Å². The maximum atomic E-state index is 4.17. The molecule has 0 spiro atoms. The summed E-state index contributed by atoms with van der Waals surface area (Å²) < 4.78 is 0. The van der Waals surface area contributed by atoms with Crippen molar-refractivity contribution in [2.24, 2.45) is 4.99 Å². The Balaban J connectivity index is 2.54. The molecule has 0 amide bonds. The molecule has 0 unspecified atom stereocenters. The van der Waals surface area contributed by atoms with E-state index in [2.05, 4.69) is 9.98 Å². The van der Waals surface area contributed by atoms with Crippen LogP contribution >= 0.6 is 0 Å². The van der Waals surface area contributed by atoms with Gasteiger partial charge in [-0.25, -0.2) is 0 Å². The number of rotatable bonds is 0. The van der Waals surface area contributed by atoms with E-state index in [4.69, 9.17) is 0 Å². The zero-order valence-electron chi connectivity index (χ0n) is 5.62. The van der Waals surface area contributed by atoms with Crippen LogP contribution < -0.4 is 0 Å². The van der Waals surface area contributed by atoms with E-state index in [-0.39, 0.29) is 0 Å². The van der Waals surface area contributed by atoms with Gasteiger partial charge in [0.05, 0.1) is 0 Å². The van der Waals surface area contributed by atoms with E-state index < -0.39 is 0 Å². The fourth-order valence-electron chi connectivity index (χ4n) is 1.12. The van der Waals surface area contributed by atoms with Crippen molar-refractivity contribution in [2.75, 3.05) is 6.54 Å². The first-order valence-electron chi connectivity index (χ1n) is 3.39. The van der Waals surface area contributed by atoms with Crippen LogP contribution in [0.5, 0.6) is 0 Å². The van der Waals surface area contributed by atoms with Gasteiger partial charge in [-0.05, 0) is 23.6 Å². The van der Waals surface area contributed by atoms with Crippen molar-refractivity contribution in [2.45, 2.75) is 6.42 Å². The van der Waals surface area contributed by atoms with Gasteiger partial charge in [-0.3, -0.25) is 9.98 Å². The largest absolute Gasteiger partial charge is 0.292 e. The number of aromatic nitrogens is 1. The summed E-state index contributed by atoms with van der Waals surface area (Å²) in [6.45, 7) is 0.915. The molecule has 0 aromatic carbocycles. The molecular formula is C8H8N2. The van der Waals surface area contributed by atoms with Crippen molar-refractivity contribution in [3.63, 3.8) is 0 Å². The minimum absolute atomic E-state index is 0.915. The normalized spacial score (nSPS) is 14.8. The lowest BCUT2D eigenvalue weighted by Crippen LogP contribution is -2.02. The summed E-state index contributed by atoms with van der Waals surface area (Å²) >= 11 is 0. The van der Waals surface area contributed by atoms with E-state index in [1.165, 1.54) is 11.1 Å². The van der Waals surface area contributed by atoms with Gasteiger partial charge in [0.2, 0.25) is 0 Å². The molecule has 50 valence electrons. The van der Waals surface area contributed by atoms with Gasteiger partial charge in [0.25, 0.3) is 0 Å². The van der Waals surface area contributed by atoms with E-state index in [9.17, 15) is 0 Å². The van der Waals surface area contributed by atoms with Crippen LogP contribution in [0, 0.1) is 0 Å². The SMILES string of the molecule is C1=NCCc2cnccc21. The Morgan fingerprint density at radius 1 is 1.40 bits per heavy atom. The molecule has 1 aliphatic heterocycles. The molecule has 2 rings (SSSR count). The molecular weight excluding hydrogens is 124 g/mol. The predicted molar refractivity (Wildman–Crippen MR) is 40.4 cm³/mol. The minimum Gasteiger partial charge on any atom is -0.292 e. The van der Waals surface area contributed by atoms with Gasteiger partial charge in [0, 0.05) is 25.2 Å². The van der Waals surface area contributed by atoms with Crippen molar-refractivity contribution in [3.8, 4) is 0 Å². The Morgan fingerprint density at radius 3 is 3.30 bits per heavy atom. The minimum atomic E-state index is 0.915. The van der Waals surface area contributed by atoms with Gasteiger partial charge in [-0.2, -0.15) is 0 Å². The third-order valence-electron chi connectivity index (χ3n) is 1.68. The van der Waals surface area contributed by atoms with Gasteiger partial charge in [-0.15, -0.1) is 0 Å². The Bertz CT molecular complexity index is 266. The molecule has 0 aliphatic carbocycles. The maximum absolute atomic E-state index is 4.17. The second-order valence-electron chi connectivity index (χ2n) is 2.36. The molecule has 0 N–H and O–H groups in total. The lowest BCUT2D eigenvalue weighted by Gasteiger charge is -2.06. The zero-order valence-corrected chi connectivity index (χ0v) is 5.62. The second-order valence-corrected chi connectivity index (χ2v) is 2.36. The smallest absolute Gasteiger partial charge is 0.0430 e. The number of nitrogens with zero attached hydrogens (tertiary/aromatic N) is 2. The van der Waals surface area contributed by atoms with E-state index in [0.717, 1.165) is 13.0 Å². The van der Waals surface area contributed by atoms with Crippen LogP contribution in [0.4, 0.5) is 0 Å². The molecule has 0 saturated heterocycles. The highest BCUT2D eigenvalue weighted by molar-refractivity contribution is 5.82. The van der Waals surface area contributed by atoms with Crippen LogP contribution in [0.25, 0.3) is 0 Å². The summed E-state index contributed by atoms with van der Waals surface area (Å²) in [7, 11) is 0. The van der Waals surface area contributed by atoms with E-state index in [0.29, 0.717) is 0 Å². The molecule has 2 heterocycles. The van der Waals surface area contributed by atoms with Crippen molar-refractivity contribution < 1.29 is 0 Å². The topological polar surface area (TPSA) is 25.2 Å². The molecule has 2 heteroatoms. The first-order valence-corrected chi connectivity index (χ1v) is 3.39.